The van der Waals surface area contributed by atoms with Crippen LogP contribution in [0, 0.1) is 5.41 Å². The Labute approximate surface area is 124 Å². The predicted octanol–water partition coefficient (Wildman–Crippen LogP) is 2.43. The summed E-state index contributed by atoms with van der Waals surface area (Å²) in [5, 5.41) is 3.36. The lowest BCUT2D eigenvalue weighted by atomic mass is 9.82. The van der Waals surface area contributed by atoms with Crippen LogP contribution < -0.4 is 5.32 Å². The van der Waals surface area contributed by atoms with Crippen LogP contribution in [0.15, 0.2) is 0 Å². The van der Waals surface area contributed by atoms with Gasteiger partial charge >= 0.3 is 5.97 Å². The Balaban J connectivity index is 2.53. The van der Waals surface area contributed by atoms with Crippen LogP contribution in [0.5, 0.6) is 0 Å². The van der Waals surface area contributed by atoms with Gasteiger partial charge in [0.05, 0.1) is 7.11 Å². The molecule has 4 heteroatoms. The molecular formula is C16H32N2O2. The minimum Gasteiger partial charge on any atom is -0.468 e. The maximum atomic E-state index is 12.0. The first-order valence-electron chi connectivity index (χ1n) is 7.77. The van der Waals surface area contributed by atoms with Gasteiger partial charge in [0.15, 0.2) is 0 Å². The van der Waals surface area contributed by atoms with E-state index < -0.39 is 5.54 Å². The van der Waals surface area contributed by atoms with E-state index in [9.17, 15) is 4.79 Å². The number of hydrogen-bond acceptors (Lipinski definition) is 4. The fraction of sp³-hybridized carbons (Fsp3) is 0.938. The average molecular weight is 284 g/mol. The van der Waals surface area contributed by atoms with Gasteiger partial charge in [-0.15, -0.1) is 0 Å². The number of carbonyl (C=O) groups excluding carboxylic acids is 1. The molecule has 1 rings (SSSR count). The molecular weight excluding hydrogens is 252 g/mol. The van der Waals surface area contributed by atoms with E-state index in [4.69, 9.17) is 4.74 Å². The van der Waals surface area contributed by atoms with Gasteiger partial charge in [0.2, 0.25) is 0 Å². The summed E-state index contributed by atoms with van der Waals surface area (Å²) in [4.78, 5) is 14.5. The molecule has 1 unspecified atom stereocenters. The van der Waals surface area contributed by atoms with Gasteiger partial charge in [-0.25, -0.2) is 0 Å². The van der Waals surface area contributed by atoms with Crippen LogP contribution >= 0.6 is 0 Å². The molecule has 0 aliphatic carbocycles. The number of hydrogen-bond donors (Lipinski definition) is 1. The fourth-order valence-electron chi connectivity index (χ4n) is 2.86. The van der Waals surface area contributed by atoms with E-state index >= 15 is 0 Å². The number of nitrogens with zero attached hydrogens (tertiary/aromatic N) is 1. The van der Waals surface area contributed by atoms with Crippen molar-refractivity contribution >= 4 is 5.97 Å². The lowest BCUT2D eigenvalue weighted by molar-refractivity contribution is -0.148. The number of nitrogens with one attached hydrogen (secondary N) is 1. The Hall–Kier alpha value is -0.610. The first kappa shape index (κ1) is 17.4. The molecule has 118 valence electrons. The average Bonchev–Trinajstić information content (AvgIpc) is 2.35. The second kappa shape index (κ2) is 6.90. The maximum absolute atomic E-state index is 12.0. The summed E-state index contributed by atoms with van der Waals surface area (Å²) in [7, 11) is 1.46. The molecule has 4 nitrogen and oxygen atoms in total. The van der Waals surface area contributed by atoms with Gasteiger partial charge in [0.25, 0.3) is 0 Å². The number of ether oxygens (including phenoxy) is 1. The number of rotatable bonds is 6. The van der Waals surface area contributed by atoms with Crippen LogP contribution in [0.2, 0.25) is 0 Å². The van der Waals surface area contributed by atoms with Crippen LogP contribution in [0.4, 0.5) is 0 Å². The minimum atomic E-state index is -0.587. The summed E-state index contributed by atoms with van der Waals surface area (Å²) >= 11 is 0. The van der Waals surface area contributed by atoms with Crippen molar-refractivity contribution in [1.82, 2.24) is 10.2 Å². The third-order valence-electron chi connectivity index (χ3n) is 4.38. The molecule has 0 saturated carbocycles. The van der Waals surface area contributed by atoms with Crippen molar-refractivity contribution in [2.75, 3.05) is 26.7 Å². The van der Waals surface area contributed by atoms with Crippen molar-refractivity contribution in [1.29, 1.82) is 0 Å². The van der Waals surface area contributed by atoms with Gasteiger partial charge in [0, 0.05) is 12.6 Å². The smallest absolute Gasteiger partial charge is 0.325 e. The zero-order valence-electron chi connectivity index (χ0n) is 14.1. The molecule has 0 bridgehead atoms. The summed E-state index contributed by atoms with van der Waals surface area (Å²) < 4.78 is 4.97. The van der Waals surface area contributed by atoms with Crippen LogP contribution in [0.3, 0.4) is 0 Å². The normalized spacial score (nSPS) is 22.6. The molecule has 0 amide bonds. The van der Waals surface area contributed by atoms with Crippen LogP contribution in [-0.4, -0.2) is 49.2 Å². The van der Waals surface area contributed by atoms with Crippen molar-refractivity contribution in [3.05, 3.63) is 0 Å². The molecule has 20 heavy (non-hydrogen) atoms. The molecule has 0 aromatic heterocycles. The van der Waals surface area contributed by atoms with Gasteiger partial charge in [-0.05, 0) is 58.5 Å². The SMILES string of the molecule is COC(=O)C(C)(CCN1CCC(C)(C)CC1)NC(C)C. The highest BCUT2D eigenvalue weighted by atomic mass is 16.5. The van der Waals surface area contributed by atoms with Crippen LogP contribution in [-0.2, 0) is 9.53 Å². The third kappa shape index (κ3) is 5.06. The Morgan fingerprint density at radius 2 is 1.90 bits per heavy atom. The van der Waals surface area contributed by atoms with E-state index in [1.165, 1.54) is 20.0 Å². The molecule has 1 aliphatic rings. The molecule has 1 saturated heterocycles. The first-order chi connectivity index (χ1) is 9.18. The standard InChI is InChI=1S/C16H32N2O2/c1-13(2)17-16(5,14(19)20-6)9-12-18-10-7-15(3,4)8-11-18/h13,17H,7-12H2,1-6H3. The van der Waals surface area contributed by atoms with Crippen molar-refractivity contribution in [2.24, 2.45) is 5.41 Å². The first-order valence-corrected chi connectivity index (χ1v) is 7.77. The highest BCUT2D eigenvalue weighted by molar-refractivity contribution is 5.80. The summed E-state index contributed by atoms with van der Waals surface area (Å²) in [6.07, 6.45) is 3.26. The second-order valence-electron chi connectivity index (χ2n) is 7.38. The number of piperidine rings is 1. The Morgan fingerprint density at radius 3 is 2.35 bits per heavy atom. The molecule has 0 radical (unpaired) electrons. The van der Waals surface area contributed by atoms with Gasteiger partial charge in [-0.1, -0.05) is 13.8 Å². The quantitative estimate of drug-likeness (QED) is 0.761. The van der Waals surface area contributed by atoms with Gasteiger partial charge in [-0.2, -0.15) is 0 Å². The molecule has 1 aliphatic heterocycles. The second-order valence-corrected chi connectivity index (χ2v) is 7.38. The van der Waals surface area contributed by atoms with E-state index in [1.54, 1.807) is 0 Å². The van der Waals surface area contributed by atoms with Gasteiger partial charge in [0.1, 0.15) is 5.54 Å². The fourth-order valence-corrected chi connectivity index (χ4v) is 2.86. The molecule has 0 aromatic rings. The Kier molecular flexibility index (Phi) is 6.02. The summed E-state index contributed by atoms with van der Waals surface area (Å²) in [6, 6.07) is 0.263. The maximum Gasteiger partial charge on any atom is 0.325 e. The number of esters is 1. The lowest BCUT2D eigenvalue weighted by Gasteiger charge is -2.39. The molecule has 0 spiro atoms. The Morgan fingerprint density at radius 1 is 1.35 bits per heavy atom. The van der Waals surface area contributed by atoms with E-state index in [0.29, 0.717) is 5.41 Å². The summed E-state index contributed by atoms with van der Waals surface area (Å²) in [6.45, 7) is 14.0. The summed E-state index contributed by atoms with van der Waals surface area (Å²) in [5.41, 5.74) is -0.117. The molecule has 1 heterocycles. The van der Waals surface area contributed by atoms with Gasteiger partial charge in [-0.3, -0.25) is 10.1 Å². The van der Waals surface area contributed by atoms with Crippen LogP contribution in [0.25, 0.3) is 0 Å². The monoisotopic (exact) mass is 284 g/mol. The van der Waals surface area contributed by atoms with E-state index in [-0.39, 0.29) is 12.0 Å². The largest absolute Gasteiger partial charge is 0.468 e. The van der Waals surface area contributed by atoms with Gasteiger partial charge < -0.3 is 9.64 Å². The highest BCUT2D eigenvalue weighted by Gasteiger charge is 2.35. The molecule has 1 atom stereocenters. The molecule has 0 aromatic carbocycles. The van der Waals surface area contributed by atoms with Crippen molar-refractivity contribution in [3.8, 4) is 0 Å². The van der Waals surface area contributed by atoms with E-state index in [0.717, 1.165) is 26.1 Å². The minimum absolute atomic E-state index is 0.163. The summed E-state index contributed by atoms with van der Waals surface area (Å²) in [5.74, 6) is -0.163. The molecule has 1 N–H and O–H groups in total. The third-order valence-corrected chi connectivity index (χ3v) is 4.38. The topological polar surface area (TPSA) is 41.6 Å². The zero-order valence-corrected chi connectivity index (χ0v) is 14.1. The lowest BCUT2D eigenvalue weighted by Crippen LogP contribution is -2.54. The molecule has 1 fully saturated rings. The zero-order chi connectivity index (χ0) is 15.4. The van der Waals surface area contributed by atoms with Crippen LogP contribution in [0.1, 0.15) is 53.9 Å². The van der Waals surface area contributed by atoms with Crippen molar-refractivity contribution in [2.45, 2.75) is 65.5 Å². The number of likely N-dealkylation sites (tertiary alicyclic amines) is 1. The van der Waals surface area contributed by atoms with Crippen molar-refractivity contribution in [3.63, 3.8) is 0 Å². The predicted molar refractivity (Wildman–Crippen MR) is 82.8 cm³/mol. The van der Waals surface area contributed by atoms with Crippen molar-refractivity contribution < 1.29 is 9.53 Å². The number of methoxy groups -OCH3 is 1. The Bertz CT molecular complexity index is 318. The highest BCUT2D eigenvalue weighted by Crippen LogP contribution is 2.30. The van der Waals surface area contributed by atoms with E-state index in [1.807, 2.05) is 6.92 Å². The van der Waals surface area contributed by atoms with E-state index in [2.05, 4.69) is 37.9 Å². The number of carbonyl (C=O) groups is 1.